The molecule has 2 aliphatic heterocycles. The van der Waals surface area contributed by atoms with Crippen LogP contribution < -0.4 is 19.5 Å². The summed E-state index contributed by atoms with van der Waals surface area (Å²) in [6.07, 6.45) is 3.28. The lowest BCUT2D eigenvalue weighted by Gasteiger charge is -2.17. The molecule has 8 nitrogen and oxygen atoms in total. The van der Waals surface area contributed by atoms with Crippen LogP contribution in [0.2, 0.25) is 0 Å². The Morgan fingerprint density at radius 1 is 1.16 bits per heavy atom. The predicted octanol–water partition coefficient (Wildman–Crippen LogP) is 3.42. The van der Waals surface area contributed by atoms with Crippen molar-refractivity contribution >= 4 is 11.5 Å². The molecule has 0 spiro atoms. The molecule has 0 bridgehead atoms. The first-order valence-corrected chi connectivity index (χ1v) is 9.91. The van der Waals surface area contributed by atoms with E-state index in [1.54, 1.807) is 30.1 Å². The summed E-state index contributed by atoms with van der Waals surface area (Å²) < 4.78 is 34.0. The Morgan fingerprint density at radius 2 is 2.03 bits per heavy atom. The Balaban J connectivity index is 1.53. The number of methoxy groups -OCH3 is 1. The van der Waals surface area contributed by atoms with Crippen LogP contribution in [-0.2, 0) is 6.54 Å². The summed E-state index contributed by atoms with van der Waals surface area (Å²) >= 11 is 0. The molecule has 6 rings (SSSR count). The molecular weight excluding hydrogens is 401 g/mol. The van der Waals surface area contributed by atoms with Gasteiger partial charge in [-0.15, -0.1) is 10.2 Å². The van der Waals surface area contributed by atoms with Crippen LogP contribution in [0.25, 0.3) is 16.8 Å². The van der Waals surface area contributed by atoms with Crippen molar-refractivity contribution in [3.8, 4) is 28.5 Å². The van der Waals surface area contributed by atoms with Crippen LogP contribution in [0, 0.1) is 5.82 Å². The molecule has 0 saturated heterocycles. The van der Waals surface area contributed by atoms with Gasteiger partial charge in [-0.05, 0) is 30.3 Å². The summed E-state index contributed by atoms with van der Waals surface area (Å²) in [7, 11) is 1.58. The number of hydrogen-bond donors (Lipinski definition) is 1. The summed E-state index contributed by atoms with van der Waals surface area (Å²) in [4.78, 5) is 4.30. The zero-order chi connectivity index (χ0) is 20.9. The molecule has 31 heavy (non-hydrogen) atoms. The number of ether oxygens (including phenoxy) is 3. The highest BCUT2D eigenvalue weighted by atomic mass is 19.1. The molecule has 9 heteroatoms. The number of hydrogen-bond acceptors (Lipinski definition) is 7. The molecule has 0 fully saturated rings. The van der Waals surface area contributed by atoms with E-state index < -0.39 is 0 Å². The molecule has 1 atom stereocenters. The maximum atomic E-state index is 14.7. The average molecular weight is 419 g/mol. The minimum absolute atomic E-state index is 0.0542. The van der Waals surface area contributed by atoms with Gasteiger partial charge >= 0.3 is 0 Å². The maximum Gasteiger partial charge on any atom is 0.221 e. The smallest absolute Gasteiger partial charge is 0.221 e. The Kier molecular flexibility index (Phi) is 3.95. The third-order valence-electron chi connectivity index (χ3n) is 5.77. The molecule has 1 N–H and O–H groups in total. The zero-order valence-corrected chi connectivity index (χ0v) is 16.6. The first-order valence-electron chi connectivity index (χ1n) is 9.91. The van der Waals surface area contributed by atoms with Gasteiger partial charge in [-0.2, -0.15) is 0 Å². The van der Waals surface area contributed by atoms with Crippen molar-refractivity contribution in [1.29, 1.82) is 0 Å². The maximum absolute atomic E-state index is 14.7. The molecule has 0 amide bonds. The molecule has 4 aromatic rings. The van der Waals surface area contributed by atoms with E-state index in [0.717, 1.165) is 16.7 Å². The Hall–Kier alpha value is -3.88. The van der Waals surface area contributed by atoms with Crippen molar-refractivity contribution < 1.29 is 18.6 Å². The third kappa shape index (κ3) is 2.69. The van der Waals surface area contributed by atoms with Gasteiger partial charge < -0.3 is 19.5 Å². The summed E-state index contributed by atoms with van der Waals surface area (Å²) in [6, 6.07) is 8.78. The topological polar surface area (TPSA) is 82.8 Å². The van der Waals surface area contributed by atoms with E-state index in [0.29, 0.717) is 47.6 Å². The number of nitrogens with zero attached hydrogens (tertiary/aromatic N) is 4. The molecule has 5 heterocycles. The average Bonchev–Trinajstić information content (AvgIpc) is 3.45. The Bertz CT molecular complexity index is 1320. The molecule has 1 aromatic carbocycles. The lowest BCUT2D eigenvalue weighted by atomic mass is 9.96. The molecule has 0 aliphatic carbocycles. The number of rotatable bonds is 2. The number of aromatic nitrogens is 4. The van der Waals surface area contributed by atoms with Crippen LogP contribution in [0.1, 0.15) is 17.0 Å². The number of halogens is 1. The predicted molar refractivity (Wildman–Crippen MR) is 110 cm³/mol. The molecule has 3 aromatic heterocycles. The van der Waals surface area contributed by atoms with Crippen molar-refractivity contribution in [1.82, 2.24) is 19.6 Å². The van der Waals surface area contributed by atoms with E-state index in [4.69, 9.17) is 14.2 Å². The van der Waals surface area contributed by atoms with Crippen LogP contribution in [-0.4, -0.2) is 39.9 Å². The van der Waals surface area contributed by atoms with E-state index >= 15 is 0 Å². The van der Waals surface area contributed by atoms with Gasteiger partial charge in [0.05, 0.1) is 26.2 Å². The second-order valence-corrected chi connectivity index (χ2v) is 7.47. The largest absolute Gasteiger partial charge is 0.493 e. The quantitative estimate of drug-likeness (QED) is 0.533. The summed E-state index contributed by atoms with van der Waals surface area (Å²) in [5.74, 6) is 2.14. The lowest BCUT2D eigenvalue weighted by Crippen LogP contribution is -2.13. The SMILES string of the molecule is COc1ncccc1-c1cc2c(n3cnnc13)NCc1c(F)ccc3c1[C@H](CO3)CO2. The highest BCUT2D eigenvalue weighted by Gasteiger charge is 2.31. The van der Waals surface area contributed by atoms with E-state index in [2.05, 4.69) is 20.5 Å². The number of anilines is 1. The van der Waals surface area contributed by atoms with Gasteiger partial charge in [-0.1, -0.05) is 0 Å². The Morgan fingerprint density at radius 3 is 2.90 bits per heavy atom. The van der Waals surface area contributed by atoms with Crippen molar-refractivity contribution in [3.05, 3.63) is 59.8 Å². The van der Waals surface area contributed by atoms with E-state index in [1.807, 2.05) is 18.2 Å². The molecule has 0 unspecified atom stereocenters. The summed E-state index contributed by atoms with van der Waals surface area (Å²) in [5.41, 5.74) is 3.62. The molecule has 0 saturated carbocycles. The second-order valence-electron chi connectivity index (χ2n) is 7.47. The van der Waals surface area contributed by atoms with Gasteiger partial charge in [0.2, 0.25) is 5.88 Å². The fourth-order valence-corrected chi connectivity index (χ4v) is 4.34. The van der Waals surface area contributed by atoms with Gasteiger partial charge in [0.25, 0.3) is 0 Å². The normalized spacial score (nSPS) is 16.8. The second kappa shape index (κ2) is 6.83. The summed E-state index contributed by atoms with van der Waals surface area (Å²) in [6.45, 7) is 1.10. The van der Waals surface area contributed by atoms with Gasteiger partial charge in [0.15, 0.2) is 17.2 Å². The first kappa shape index (κ1) is 17.9. The highest BCUT2D eigenvalue weighted by Crippen LogP contribution is 2.42. The van der Waals surface area contributed by atoms with Crippen LogP contribution >= 0.6 is 0 Å². The van der Waals surface area contributed by atoms with Crippen LogP contribution in [0.5, 0.6) is 17.4 Å². The highest BCUT2D eigenvalue weighted by molar-refractivity contribution is 5.84. The minimum atomic E-state index is -0.262. The van der Waals surface area contributed by atoms with Crippen LogP contribution in [0.3, 0.4) is 0 Å². The van der Waals surface area contributed by atoms with Gasteiger partial charge in [0, 0.05) is 35.0 Å². The first-order chi connectivity index (χ1) is 15.2. The monoisotopic (exact) mass is 419 g/mol. The summed E-state index contributed by atoms with van der Waals surface area (Å²) in [5, 5.41) is 11.7. The van der Waals surface area contributed by atoms with E-state index in [9.17, 15) is 4.39 Å². The standard InChI is InChI=1S/C22H18FN5O3/c1-29-22-13(3-2-6-24-22)14-7-18-21(28-11-26-27-20(14)28)25-8-15-16(23)4-5-17-19(15)12(9-30-17)10-31-18/h2-7,11-12,25H,8-10H2,1H3/t12-/m1/s1. The molecule has 2 aliphatic rings. The van der Waals surface area contributed by atoms with Crippen LogP contribution in [0.4, 0.5) is 10.2 Å². The zero-order valence-electron chi connectivity index (χ0n) is 16.6. The van der Waals surface area contributed by atoms with Crippen molar-refractivity contribution in [2.24, 2.45) is 0 Å². The Labute approximate surface area is 176 Å². The number of pyridine rings is 2. The van der Waals surface area contributed by atoms with Gasteiger partial charge in [0.1, 0.15) is 17.9 Å². The third-order valence-corrected chi connectivity index (χ3v) is 5.77. The lowest BCUT2D eigenvalue weighted by molar-refractivity contribution is 0.249. The minimum Gasteiger partial charge on any atom is -0.493 e. The molecule has 0 radical (unpaired) electrons. The van der Waals surface area contributed by atoms with Gasteiger partial charge in [-0.25, -0.2) is 9.37 Å². The van der Waals surface area contributed by atoms with Crippen molar-refractivity contribution in [2.75, 3.05) is 25.6 Å². The van der Waals surface area contributed by atoms with Gasteiger partial charge in [-0.3, -0.25) is 4.40 Å². The number of nitrogens with one attached hydrogen (secondary N) is 1. The van der Waals surface area contributed by atoms with Crippen molar-refractivity contribution in [3.63, 3.8) is 0 Å². The van der Waals surface area contributed by atoms with E-state index in [1.165, 1.54) is 6.07 Å². The number of benzene rings is 1. The van der Waals surface area contributed by atoms with Crippen LogP contribution in [0.15, 0.2) is 42.9 Å². The molecular formula is C22H18FN5O3. The molecule has 156 valence electrons. The van der Waals surface area contributed by atoms with Crippen molar-refractivity contribution in [2.45, 2.75) is 12.5 Å². The fraction of sp³-hybridized carbons (Fsp3) is 0.227. The number of fused-ring (bicyclic) bond motifs is 3. The van der Waals surface area contributed by atoms with E-state index in [-0.39, 0.29) is 18.3 Å². The fourth-order valence-electron chi connectivity index (χ4n) is 4.34.